The number of aromatic amines is 1. The summed E-state index contributed by atoms with van der Waals surface area (Å²) in [6.07, 6.45) is 7.67. The third-order valence-corrected chi connectivity index (χ3v) is 7.62. The third kappa shape index (κ3) is 5.10. The van der Waals surface area contributed by atoms with E-state index in [1.54, 1.807) is 26.3 Å². The fraction of sp³-hybridized carbons (Fsp3) is 0.500. The number of H-pyrrole nitrogens is 1. The predicted octanol–water partition coefficient (Wildman–Crippen LogP) is 2.06. The van der Waals surface area contributed by atoms with Gasteiger partial charge in [0, 0.05) is 26.8 Å². The molecule has 2 aromatic heterocycles. The molecule has 0 saturated heterocycles. The van der Waals surface area contributed by atoms with E-state index in [9.17, 15) is 13.2 Å². The molecule has 2 aliphatic rings. The standard InChI is InChI=1S/C16H19N5O5S.C6H10/c1-21-15-12(9-17-21)16(22)20-14(19-15)11-5-4-10(8-13(11)26-3)27(23,24)18-6-7-25-2;1-2-5-4-6(5)3-1/h4-5,8-9,18H,6-7H2,1-3H3,(H,19,20,22);5-6H,1-4H2. The van der Waals surface area contributed by atoms with Crippen LogP contribution in [0.4, 0.5) is 0 Å². The van der Waals surface area contributed by atoms with Crippen molar-refractivity contribution in [3.63, 3.8) is 0 Å². The Balaban J connectivity index is 0.000000367. The number of fused-ring (bicyclic) bond motifs is 2. The third-order valence-electron chi connectivity index (χ3n) is 6.16. The zero-order valence-electron chi connectivity index (χ0n) is 19.0. The van der Waals surface area contributed by atoms with Crippen LogP contribution in [0.5, 0.6) is 5.75 Å². The van der Waals surface area contributed by atoms with E-state index in [-0.39, 0.29) is 35.2 Å². The van der Waals surface area contributed by atoms with Crippen LogP contribution >= 0.6 is 0 Å². The molecular formula is C22H29N5O5S. The number of rotatable bonds is 7. The first-order valence-corrected chi connectivity index (χ1v) is 12.4. The molecule has 2 heterocycles. The Morgan fingerprint density at radius 2 is 2.00 bits per heavy atom. The summed E-state index contributed by atoms with van der Waals surface area (Å²) in [7, 11) is 0.853. The smallest absolute Gasteiger partial charge is 0.262 e. The van der Waals surface area contributed by atoms with Crippen LogP contribution in [0, 0.1) is 11.8 Å². The lowest BCUT2D eigenvalue weighted by atomic mass is 10.2. The SMILES string of the molecule is C1CC2CC2C1.COCCNS(=O)(=O)c1ccc(-c2nc3c(cnn3C)c(=O)[nH]2)c(OC)c1. The van der Waals surface area contributed by atoms with E-state index >= 15 is 0 Å². The van der Waals surface area contributed by atoms with Crippen LogP contribution in [0.25, 0.3) is 22.4 Å². The summed E-state index contributed by atoms with van der Waals surface area (Å²) in [4.78, 5) is 19.4. The van der Waals surface area contributed by atoms with E-state index in [0.717, 1.165) is 0 Å². The van der Waals surface area contributed by atoms with E-state index in [1.807, 2.05) is 0 Å². The van der Waals surface area contributed by atoms with Crippen molar-refractivity contribution in [2.45, 2.75) is 30.6 Å². The van der Waals surface area contributed by atoms with Gasteiger partial charge in [-0.25, -0.2) is 18.1 Å². The number of methoxy groups -OCH3 is 2. The molecule has 2 aliphatic carbocycles. The van der Waals surface area contributed by atoms with E-state index in [4.69, 9.17) is 9.47 Å². The van der Waals surface area contributed by atoms with Gasteiger partial charge in [0.1, 0.15) is 17.0 Å². The molecule has 10 nitrogen and oxygen atoms in total. The molecule has 3 aromatic rings. The molecule has 2 saturated carbocycles. The molecule has 178 valence electrons. The lowest BCUT2D eigenvalue weighted by Gasteiger charge is -2.11. The fourth-order valence-electron chi connectivity index (χ4n) is 4.22. The summed E-state index contributed by atoms with van der Waals surface area (Å²) in [6, 6.07) is 4.32. The quantitative estimate of drug-likeness (QED) is 0.501. The number of ether oxygens (including phenoxy) is 2. The van der Waals surface area contributed by atoms with Gasteiger partial charge >= 0.3 is 0 Å². The summed E-state index contributed by atoms with van der Waals surface area (Å²) >= 11 is 0. The molecule has 0 amide bonds. The molecule has 2 fully saturated rings. The maximum Gasteiger partial charge on any atom is 0.262 e. The predicted molar refractivity (Wildman–Crippen MR) is 124 cm³/mol. The summed E-state index contributed by atoms with van der Waals surface area (Å²) in [5, 5.41) is 4.38. The Hall–Kier alpha value is -2.76. The van der Waals surface area contributed by atoms with Crippen molar-refractivity contribution in [3.8, 4) is 17.1 Å². The molecule has 1 aromatic carbocycles. The van der Waals surface area contributed by atoms with Crippen LogP contribution in [0.3, 0.4) is 0 Å². The molecule has 5 rings (SSSR count). The van der Waals surface area contributed by atoms with Crippen molar-refractivity contribution >= 4 is 21.1 Å². The summed E-state index contributed by atoms with van der Waals surface area (Å²) in [5.41, 5.74) is 0.519. The number of nitrogens with one attached hydrogen (secondary N) is 2. The average Bonchev–Trinajstić information content (AvgIpc) is 3.21. The number of benzene rings is 1. The lowest BCUT2D eigenvalue weighted by Crippen LogP contribution is -2.27. The van der Waals surface area contributed by atoms with Crippen molar-refractivity contribution < 1.29 is 17.9 Å². The van der Waals surface area contributed by atoms with Gasteiger partial charge in [-0.05, 0) is 30.4 Å². The molecule has 2 atom stereocenters. The minimum atomic E-state index is -3.72. The van der Waals surface area contributed by atoms with Crippen LogP contribution in [-0.2, 0) is 21.8 Å². The van der Waals surface area contributed by atoms with Gasteiger partial charge in [0.2, 0.25) is 10.0 Å². The van der Waals surface area contributed by atoms with Crippen molar-refractivity contribution in [1.82, 2.24) is 24.5 Å². The molecule has 0 bridgehead atoms. The van der Waals surface area contributed by atoms with Crippen molar-refractivity contribution in [3.05, 3.63) is 34.7 Å². The second-order valence-electron chi connectivity index (χ2n) is 8.36. The Bertz CT molecular complexity index is 1290. The molecule has 0 aliphatic heterocycles. The largest absolute Gasteiger partial charge is 0.496 e. The van der Waals surface area contributed by atoms with Gasteiger partial charge in [-0.1, -0.05) is 19.3 Å². The minimum Gasteiger partial charge on any atom is -0.496 e. The van der Waals surface area contributed by atoms with Crippen LogP contribution in [0.1, 0.15) is 25.7 Å². The number of sulfonamides is 1. The maximum atomic E-state index is 12.4. The minimum absolute atomic E-state index is 0.0307. The maximum absolute atomic E-state index is 12.4. The molecule has 2 N–H and O–H groups in total. The van der Waals surface area contributed by atoms with E-state index < -0.39 is 10.0 Å². The molecule has 11 heteroatoms. The second-order valence-corrected chi connectivity index (χ2v) is 10.1. The Labute approximate surface area is 192 Å². The highest BCUT2D eigenvalue weighted by Gasteiger charge is 2.40. The summed E-state index contributed by atoms with van der Waals surface area (Å²) in [5.74, 6) is 2.94. The van der Waals surface area contributed by atoms with Crippen LogP contribution in [0.2, 0.25) is 0 Å². The fourth-order valence-corrected chi connectivity index (χ4v) is 5.24. The van der Waals surface area contributed by atoms with Crippen molar-refractivity contribution in [1.29, 1.82) is 0 Å². The van der Waals surface area contributed by atoms with Crippen LogP contribution < -0.4 is 15.0 Å². The Kier molecular flexibility index (Phi) is 6.82. The topological polar surface area (TPSA) is 128 Å². The van der Waals surface area contributed by atoms with E-state index in [1.165, 1.54) is 61.6 Å². The molecule has 33 heavy (non-hydrogen) atoms. The Morgan fingerprint density at radius 3 is 2.61 bits per heavy atom. The number of nitrogens with zero attached hydrogens (tertiary/aromatic N) is 3. The van der Waals surface area contributed by atoms with Gasteiger partial charge in [-0.15, -0.1) is 0 Å². The average molecular weight is 476 g/mol. The highest BCUT2D eigenvalue weighted by Crippen LogP contribution is 2.51. The number of aryl methyl sites for hydroxylation is 1. The van der Waals surface area contributed by atoms with Crippen molar-refractivity contribution in [2.24, 2.45) is 18.9 Å². The monoisotopic (exact) mass is 475 g/mol. The molecule has 0 spiro atoms. The van der Waals surface area contributed by atoms with Crippen molar-refractivity contribution in [2.75, 3.05) is 27.4 Å². The summed E-state index contributed by atoms with van der Waals surface area (Å²) < 4.78 is 38.8. The van der Waals surface area contributed by atoms with Gasteiger partial charge in [-0.2, -0.15) is 5.10 Å². The second kappa shape index (κ2) is 9.62. The van der Waals surface area contributed by atoms with E-state index in [2.05, 4.69) is 19.8 Å². The lowest BCUT2D eigenvalue weighted by molar-refractivity contribution is 0.204. The van der Waals surface area contributed by atoms with Gasteiger partial charge in [0.05, 0.1) is 30.4 Å². The number of hydrogen-bond acceptors (Lipinski definition) is 7. The molecule has 0 radical (unpaired) electrons. The van der Waals surface area contributed by atoms with Crippen LogP contribution in [-0.4, -0.2) is 55.5 Å². The highest BCUT2D eigenvalue weighted by atomic mass is 32.2. The zero-order chi connectivity index (χ0) is 23.6. The first kappa shape index (κ1) is 23.4. The molecular weight excluding hydrogens is 446 g/mol. The van der Waals surface area contributed by atoms with Gasteiger partial charge < -0.3 is 14.5 Å². The van der Waals surface area contributed by atoms with Gasteiger partial charge in [-0.3, -0.25) is 9.48 Å². The highest BCUT2D eigenvalue weighted by molar-refractivity contribution is 7.89. The first-order chi connectivity index (χ1) is 15.8. The van der Waals surface area contributed by atoms with Gasteiger partial charge in [0.25, 0.3) is 5.56 Å². The number of aromatic nitrogens is 4. The number of hydrogen-bond donors (Lipinski definition) is 2. The summed E-state index contributed by atoms with van der Waals surface area (Å²) in [6.45, 7) is 0.402. The Morgan fingerprint density at radius 1 is 1.24 bits per heavy atom. The van der Waals surface area contributed by atoms with Crippen LogP contribution in [0.15, 0.2) is 34.1 Å². The molecule has 2 unspecified atom stereocenters. The van der Waals surface area contributed by atoms with E-state index in [0.29, 0.717) is 16.6 Å². The zero-order valence-corrected chi connectivity index (χ0v) is 19.8. The first-order valence-electron chi connectivity index (χ1n) is 10.9. The normalized spacial score (nSPS) is 19.1. The van der Waals surface area contributed by atoms with Gasteiger partial charge in [0.15, 0.2) is 5.65 Å².